The first-order valence-corrected chi connectivity index (χ1v) is 17.6. The first-order valence-electron chi connectivity index (χ1n) is 14.6. The molecule has 2 aliphatic rings. The van der Waals surface area contributed by atoms with Gasteiger partial charge >= 0.3 is 15.6 Å². The highest BCUT2D eigenvalue weighted by Gasteiger charge is 2.43. The third kappa shape index (κ3) is 13.7. The quantitative estimate of drug-likeness (QED) is 0.120. The maximum Gasteiger partial charge on any atom is 0.472 e. The SMILES string of the molecule is CCCCC[C@H]1C[C@H](OC(C)C)[C@@H](COP(=O)(O)O[C@H]2C[C@H](CCCCC)O[C@@H]2COP(=O)(O)OC(C)C)O1. The zero-order valence-electron chi connectivity index (χ0n) is 24.6. The molecule has 0 aliphatic carbocycles. The Hall–Kier alpha value is 0.1000. The van der Waals surface area contributed by atoms with Crippen molar-refractivity contribution in [2.45, 2.75) is 155 Å². The second-order valence-electron chi connectivity index (χ2n) is 11.1. The molecule has 8 atom stereocenters. The van der Waals surface area contributed by atoms with Crippen molar-refractivity contribution in [2.75, 3.05) is 13.2 Å². The molecule has 0 saturated carbocycles. The molecule has 0 amide bonds. The van der Waals surface area contributed by atoms with Crippen LogP contribution in [0.15, 0.2) is 0 Å². The van der Waals surface area contributed by atoms with Crippen LogP contribution < -0.4 is 0 Å². The van der Waals surface area contributed by atoms with Crippen LogP contribution in [0.5, 0.6) is 0 Å². The van der Waals surface area contributed by atoms with E-state index in [0.29, 0.717) is 12.8 Å². The molecule has 2 heterocycles. The smallest absolute Gasteiger partial charge is 0.373 e. The number of ether oxygens (including phenoxy) is 3. The Morgan fingerprint density at radius 1 is 0.744 bits per heavy atom. The fourth-order valence-electron chi connectivity index (χ4n) is 4.95. The highest BCUT2D eigenvalue weighted by molar-refractivity contribution is 7.47. The van der Waals surface area contributed by atoms with E-state index in [2.05, 4.69) is 13.8 Å². The van der Waals surface area contributed by atoms with Crippen LogP contribution in [0.25, 0.3) is 0 Å². The average molecular weight is 603 g/mol. The molecule has 2 aliphatic heterocycles. The molecule has 0 aromatic heterocycles. The summed E-state index contributed by atoms with van der Waals surface area (Å²) in [5.74, 6) is 0. The van der Waals surface area contributed by atoms with E-state index in [1.807, 2.05) is 13.8 Å². The van der Waals surface area contributed by atoms with Crippen LogP contribution in [0.4, 0.5) is 0 Å². The maximum absolute atomic E-state index is 13.0. The average Bonchev–Trinajstić information content (AvgIpc) is 3.38. The number of unbranched alkanes of at least 4 members (excludes halogenated alkanes) is 4. The minimum atomic E-state index is -4.52. The molecule has 2 rings (SSSR count). The Balaban J connectivity index is 1.98. The fraction of sp³-hybridized carbons (Fsp3) is 1.00. The summed E-state index contributed by atoms with van der Waals surface area (Å²) >= 11 is 0. The van der Waals surface area contributed by atoms with Gasteiger partial charge in [0.15, 0.2) is 0 Å². The summed E-state index contributed by atoms with van der Waals surface area (Å²) in [7, 11) is -8.83. The van der Waals surface area contributed by atoms with Crippen molar-refractivity contribution in [3.05, 3.63) is 0 Å². The second kappa shape index (κ2) is 17.3. The van der Waals surface area contributed by atoms with Crippen molar-refractivity contribution in [1.29, 1.82) is 0 Å². The van der Waals surface area contributed by atoms with E-state index in [1.165, 1.54) is 0 Å². The molecule has 232 valence electrons. The van der Waals surface area contributed by atoms with Gasteiger partial charge in [0.2, 0.25) is 0 Å². The highest BCUT2D eigenvalue weighted by Crippen LogP contribution is 2.50. The summed E-state index contributed by atoms with van der Waals surface area (Å²) in [5.41, 5.74) is 0. The minimum Gasteiger partial charge on any atom is -0.373 e. The summed E-state index contributed by atoms with van der Waals surface area (Å²) < 4.78 is 64.4. The summed E-state index contributed by atoms with van der Waals surface area (Å²) in [6, 6.07) is 0. The van der Waals surface area contributed by atoms with E-state index in [0.717, 1.165) is 51.4 Å². The van der Waals surface area contributed by atoms with Gasteiger partial charge in [-0.1, -0.05) is 52.4 Å². The lowest BCUT2D eigenvalue weighted by Gasteiger charge is -2.25. The molecule has 0 spiro atoms. The van der Waals surface area contributed by atoms with E-state index in [1.54, 1.807) is 13.8 Å². The lowest BCUT2D eigenvalue weighted by atomic mass is 10.1. The lowest BCUT2D eigenvalue weighted by molar-refractivity contribution is -0.0683. The summed E-state index contributed by atoms with van der Waals surface area (Å²) in [6.45, 7) is 10.9. The van der Waals surface area contributed by atoms with Gasteiger partial charge in [-0.25, -0.2) is 9.13 Å². The van der Waals surface area contributed by atoms with Gasteiger partial charge in [-0.2, -0.15) is 0 Å². The molecule has 13 heteroatoms. The number of rotatable bonds is 20. The molecule has 0 radical (unpaired) electrons. The molecule has 39 heavy (non-hydrogen) atoms. The number of hydrogen-bond acceptors (Lipinski definition) is 9. The maximum atomic E-state index is 13.0. The van der Waals surface area contributed by atoms with Crippen LogP contribution in [0.2, 0.25) is 0 Å². The van der Waals surface area contributed by atoms with Crippen molar-refractivity contribution >= 4 is 15.6 Å². The molecule has 0 aromatic rings. The van der Waals surface area contributed by atoms with Crippen LogP contribution in [0.1, 0.15) is 106 Å². The Morgan fingerprint density at radius 2 is 1.23 bits per heavy atom. The van der Waals surface area contributed by atoms with Crippen molar-refractivity contribution in [3.8, 4) is 0 Å². The summed E-state index contributed by atoms with van der Waals surface area (Å²) in [4.78, 5) is 20.5. The van der Waals surface area contributed by atoms with Crippen molar-refractivity contribution < 1.29 is 51.2 Å². The Morgan fingerprint density at radius 3 is 1.72 bits per heavy atom. The fourth-order valence-corrected chi connectivity index (χ4v) is 6.84. The minimum absolute atomic E-state index is 0.0174. The van der Waals surface area contributed by atoms with Crippen molar-refractivity contribution in [3.63, 3.8) is 0 Å². The predicted octanol–water partition coefficient (Wildman–Crippen LogP) is 6.30. The van der Waals surface area contributed by atoms with E-state index in [4.69, 9.17) is 32.3 Å². The molecule has 11 nitrogen and oxygen atoms in total. The van der Waals surface area contributed by atoms with E-state index >= 15 is 0 Å². The molecular formula is C26H52O11P2. The van der Waals surface area contributed by atoms with Gasteiger partial charge in [0.1, 0.15) is 18.3 Å². The first-order chi connectivity index (χ1) is 18.3. The molecule has 2 saturated heterocycles. The van der Waals surface area contributed by atoms with Crippen LogP contribution in [0, 0.1) is 0 Å². The standard InChI is InChI=1S/C26H52O11P2/c1-7-9-11-13-21-15-23(33-19(3)4)25(34-21)17-32-39(29,30)37-24-16-22(14-12-10-8-2)35-26(24)18-31-38(27,28)36-20(5)6/h19-26H,7-18H2,1-6H3,(H,27,28)(H,29,30)/t21-,22-,23-,24-,25+,26+/m0/s1. The van der Waals surface area contributed by atoms with E-state index in [-0.39, 0.29) is 37.6 Å². The summed E-state index contributed by atoms with van der Waals surface area (Å²) in [5, 5.41) is 0. The normalized spacial score (nSPS) is 30.7. The van der Waals surface area contributed by atoms with Gasteiger partial charge in [0.05, 0.1) is 43.7 Å². The van der Waals surface area contributed by atoms with E-state index in [9.17, 15) is 18.9 Å². The Kier molecular flexibility index (Phi) is 15.6. The van der Waals surface area contributed by atoms with E-state index < -0.39 is 40.1 Å². The van der Waals surface area contributed by atoms with Gasteiger partial charge in [-0.3, -0.25) is 18.1 Å². The van der Waals surface area contributed by atoms with Gasteiger partial charge in [-0.15, -0.1) is 0 Å². The first kappa shape index (κ1) is 35.3. The van der Waals surface area contributed by atoms with Gasteiger partial charge < -0.3 is 24.0 Å². The van der Waals surface area contributed by atoms with Crippen molar-refractivity contribution in [1.82, 2.24) is 0 Å². The van der Waals surface area contributed by atoms with Crippen LogP contribution >= 0.6 is 15.6 Å². The second-order valence-corrected chi connectivity index (χ2v) is 13.9. The highest BCUT2D eigenvalue weighted by atomic mass is 31.2. The Labute approximate surface area is 234 Å². The zero-order valence-corrected chi connectivity index (χ0v) is 26.4. The zero-order chi connectivity index (χ0) is 29.1. The van der Waals surface area contributed by atoms with Crippen molar-refractivity contribution in [2.24, 2.45) is 0 Å². The molecule has 2 N–H and O–H groups in total. The third-order valence-corrected chi connectivity index (χ3v) is 8.85. The Bertz CT molecular complexity index is 781. The van der Waals surface area contributed by atoms with Gasteiger partial charge in [0, 0.05) is 12.8 Å². The number of phosphoric ester groups is 2. The van der Waals surface area contributed by atoms with Gasteiger partial charge in [0.25, 0.3) is 0 Å². The largest absolute Gasteiger partial charge is 0.472 e. The molecule has 0 bridgehead atoms. The molecule has 2 unspecified atom stereocenters. The lowest BCUT2D eigenvalue weighted by Crippen LogP contribution is -2.32. The molecule has 0 aromatic carbocycles. The van der Waals surface area contributed by atoms with Gasteiger partial charge in [-0.05, 0) is 40.5 Å². The predicted molar refractivity (Wildman–Crippen MR) is 147 cm³/mol. The number of phosphoric acid groups is 2. The monoisotopic (exact) mass is 602 g/mol. The third-order valence-electron chi connectivity index (χ3n) is 6.68. The topological polar surface area (TPSA) is 139 Å². The molecule has 2 fully saturated rings. The summed E-state index contributed by atoms with van der Waals surface area (Å²) in [6.07, 6.45) is 5.83. The van der Waals surface area contributed by atoms with Crippen LogP contribution in [0.3, 0.4) is 0 Å². The number of hydrogen-bond donors (Lipinski definition) is 2. The molecular weight excluding hydrogens is 550 g/mol. The van der Waals surface area contributed by atoms with Crippen LogP contribution in [-0.4, -0.2) is 71.8 Å². The van der Waals surface area contributed by atoms with Crippen LogP contribution in [-0.2, 0) is 41.4 Å².